The topological polar surface area (TPSA) is 41.6 Å². The average Bonchev–Trinajstić information content (AvgIpc) is 3.03. The van der Waals surface area contributed by atoms with Crippen molar-refractivity contribution in [2.75, 3.05) is 0 Å². The quantitative estimate of drug-likeness (QED) is 0.533. The molecule has 0 aliphatic carbocycles. The number of aromatic amines is 1. The van der Waals surface area contributed by atoms with E-state index < -0.39 is 0 Å². The van der Waals surface area contributed by atoms with Gasteiger partial charge in [-0.2, -0.15) is 0 Å². The molecule has 23 heavy (non-hydrogen) atoms. The second kappa shape index (κ2) is 4.92. The summed E-state index contributed by atoms with van der Waals surface area (Å²) in [5.41, 5.74) is 5.95. The van der Waals surface area contributed by atoms with Crippen molar-refractivity contribution >= 4 is 21.8 Å². The smallest absolute Gasteiger partial charge is 0.0923 e. The van der Waals surface area contributed by atoms with Gasteiger partial charge in [0, 0.05) is 34.2 Å². The van der Waals surface area contributed by atoms with E-state index in [2.05, 4.69) is 72.1 Å². The Morgan fingerprint density at radius 2 is 1.74 bits per heavy atom. The van der Waals surface area contributed by atoms with Crippen LogP contribution in [0.2, 0.25) is 0 Å². The number of benzene rings is 2. The minimum atomic E-state index is 0.162. The van der Waals surface area contributed by atoms with Gasteiger partial charge in [0.15, 0.2) is 0 Å². The first-order chi connectivity index (χ1) is 11.0. The number of nitrogens with zero attached hydrogens (tertiary/aromatic N) is 2. The molecule has 2 aromatic heterocycles. The predicted molar refractivity (Wildman–Crippen MR) is 95.5 cm³/mol. The van der Waals surface area contributed by atoms with Gasteiger partial charge in [0.25, 0.3) is 0 Å². The zero-order valence-corrected chi connectivity index (χ0v) is 13.6. The largest absolute Gasteiger partial charge is 0.346 e. The molecule has 0 fully saturated rings. The highest BCUT2D eigenvalue weighted by atomic mass is 14.8. The van der Waals surface area contributed by atoms with Crippen molar-refractivity contribution in [3.05, 3.63) is 60.7 Å². The second-order valence-corrected chi connectivity index (χ2v) is 6.97. The van der Waals surface area contributed by atoms with Gasteiger partial charge in [-0.1, -0.05) is 45.0 Å². The van der Waals surface area contributed by atoms with E-state index in [1.807, 2.05) is 12.4 Å². The van der Waals surface area contributed by atoms with E-state index in [1.165, 1.54) is 11.1 Å². The van der Waals surface area contributed by atoms with E-state index in [0.29, 0.717) is 0 Å². The monoisotopic (exact) mass is 301 g/mol. The number of fused-ring (bicyclic) bond motifs is 3. The van der Waals surface area contributed by atoms with Gasteiger partial charge in [-0.05, 0) is 28.7 Å². The van der Waals surface area contributed by atoms with Gasteiger partial charge in [-0.25, -0.2) is 4.98 Å². The first kappa shape index (κ1) is 13.9. The Hall–Kier alpha value is -2.68. The molecule has 2 heterocycles. The lowest BCUT2D eigenvalue weighted by atomic mass is 9.86. The molecule has 0 spiro atoms. The number of rotatable bonds is 1. The van der Waals surface area contributed by atoms with Crippen LogP contribution in [-0.4, -0.2) is 15.0 Å². The fourth-order valence-electron chi connectivity index (χ4n) is 3.05. The Labute approximate surface area is 135 Å². The SMILES string of the molecule is CC(C)(C)c1ccc(-c2cc3[nH]cncc3c3ccnc23)cc1. The van der Waals surface area contributed by atoms with Crippen LogP contribution >= 0.6 is 0 Å². The standard InChI is InChI=1S/C20H19N3/c1-20(2,3)14-6-4-13(5-7-14)16-10-18-17(11-21-12-23-18)15-8-9-22-19(15)16/h4-12H,1-3H3,(H,21,23). The number of aromatic nitrogens is 3. The van der Waals surface area contributed by atoms with E-state index in [4.69, 9.17) is 0 Å². The number of hydrogen-bond acceptors (Lipinski definition) is 2. The van der Waals surface area contributed by atoms with Gasteiger partial charge >= 0.3 is 0 Å². The Kier molecular flexibility index (Phi) is 2.98. The van der Waals surface area contributed by atoms with Crippen molar-refractivity contribution in [3.63, 3.8) is 0 Å². The molecule has 4 aromatic rings. The molecule has 1 N–H and O–H groups in total. The summed E-state index contributed by atoms with van der Waals surface area (Å²) in [4.78, 5) is 12.0. The molecule has 0 saturated carbocycles. The summed E-state index contributed by atoms with van der Waals surface area (Å²) >= 11 is 0. The molecule has 0 saturated heterocycles. The molecule has 0 bridgehead atoms. The van der Waals surface area contributed by atoms with Gasteiger partial charge in [0.2, 0.25) is 0 Å². The highest BCUT2D eigenvalue weighted by Crippen LogP contribution is 2.34. The number of nitrogens with one attached hydrogen (secondary N) is 1. The summed E-state index contributed by atoms with van der Waals surface area (Å²) in [6, 6.07) is 13.0. The summed E-state index contributed by atoms with van der Waals surface area (Å²) in [7, 11) is 0. The van der Waals surface area contributed by atoms with Crippen molar-refractivity contribution < 1.29 is 0 Å². The third kappa shape index (κ3) is 2.29. The molecule has 3 heteroatoms. The van der Waals surface area contributed by atoms with Crippen molar-refractivity contribution in [3.8, 4) is 11.1 Å². The van der Waals surface area contributed by atoms with Gasteiger partial charge in [-0.3, -0.25) is 4.98 Å². The highest BCUT2D eigenvalue weighted by Gasteiger charge is 2.15. The molecular weight excluding hydrogens is 282 g/mol. The van der Waals surface area contributed by atoms with E-state index in [-0.39, 0.29) is 5.41 Å². The molecule has 2 aromatic carbocycles. The molecule has 0 amide bonds. The van der Waals surface area contributed by atoms with Gasteiger partial charge < -0.3 is 4.98 Å². The van der Waals surface area contributed by atoms with Crippen LogP contribution in [0.4, 0.5) is 0 Å². The zero-order chi connectivity index (χ0) is 16.0. The van der Waals surface area contributed by atoms with Crippen LogP contribution in [0.5, 0.6) is 0 Å². The molecule has 0 aliphatic heterocycles. The third-order valence-electron chi connectivity index (χ3n) is 4.38. The molecule has 3 nitrogen and oxygen atoms in total. The molecular formula is C20H19N3. The van der Waals surface area contributed by atoms with Crippen LogP contribution < -0.4 is 0 Å². The van der Waals surface area contributed by atoms with Crippen molar-refractivity contribution in [1.82, 2.24) is 15.0 Å². The Morgan fingerprint density at radius 1 is 0.957 bits per heavy atom. The van der Waals surface area contributed by atoms with E-state index in [1.54, 1.807) is 6.33 Å². The lowest BCUT2D eigenvalue weighted by Gasteiger charge is -2.19. The maximum absolute atomic E-state index is 4.57. The minimum Gasteiger partial charge on any atom is -0.346 e. The fourth-order valence-corrected chi connectivity index (χ4v) is 3.05. The van der Waals surface area contributed by atoms with E-state index in [0.717, 1.165) is 27.4 Å². The number of H-pyrrole nitrogens is 1. The summed E-state index contributed by atoms with van der Waals surface area (Å²) < 4.78 is 0. The summed E-state index contributed by atoms with van der Waals surface area (Å²) in [6.45, 7) is 6.70. The van der Waals surface area contributed by atoms with Crippen LogP contribution in [0.1, 0.15) is 26.3 Å². The van der Waals surface area contributed by atoms with E-state index >= 15 is 0 Å². The average molecular weight is 301 g/mol. The molecule has 0 aliphatic rings. The lowest BCUT2D eigenvalue weighted by Crippen LogP contribution is -2.10. The summed E-state index contributed by atoms with van der Waals surface area (Å²) in [5.74, 6) is 0. The van der Waals surface area contributed by atoms with Crippen LogP contribution in [0.25, 0.3) is 32.9 Å². The van der Waals surface area contributed by atoms with Crippen molar-refractivity contribution in [2.45, 2.75) is 26.2 Å². The lowest BCUT2D eigenvalue weighted by molar-refractivity contribution is 0.590. The molecule has 114 valence electrons. The van der Waals surface area contributed by atoms with Crippen LogP contribution in [0.3, 0.4) is 0 Å². The Morgan fingerprint density at radius 3 is 2.48 bits per heavy atom. The second-order valence-electron chi connectivity index (χ2n) is 6.97. The minimum absolute atomic E-state index is 0.162. The Bertz CT molecular complexity index is 989. The van der Waals surface area contributed by atoms with Gasteiger partial charge in [0.1, 0.15) is 0 Å². The molecule has 0 atom stereocenters. The highest BCUT2D eigenvalue weighted by molar-refractivity contribution is 6.11. The normalized spacial score (nSPS) is 12.1. The summed E-state index contributed by atoms with van der Waals surface area (Å²) in [5, 5.41) is 2.25. The maximum Gasteiger partial charge on any atom is 0.0923 e. The van der Waals surface area contributed by atoms with Crippen molar-refractivity contribution in [2.24, 2.45) is 0 Å². The molecule has 0 radical (unpaired) electrons. The predicted octanol–water partition coefficient (Wildman–Crippen LogP) is 5.08. The van der Waals surface area contributed by atoms with Crippen molar-refractivity contribution in [1.29, 1.82) is 0 Å². The Balaban J connectivity index is 1.95. The van der Waals surface area contributed by atoms with Crippen LogP contribution in [0.15, 0.2) is 55.1 Å². The third-order valence-corrected chi connectivity index (χ3v) is 4.38. The first-order valence-electron chi connectivity index (χ1n) is 7.85. The molecule has 0 unspecified atom stereocenters. The van der Waals surface area contributed by atoms with Crippen LogP contribution in [-0.2, 0) is 5.41 Å². The number of hydrogen-bond donors (Lipinski definition) is 1. The van der Waals surface area contributed by atoms with Gasteiger partial charge in [-0.15, -0.1) is 0 Å². The fraction of sp³-hybridized carbons (Fsp3) is 0.200. The van der Waals surface area contributed by atoms with Gasteiger partial charge in [0.05, 0.1) is 11.8 Å². The van der Waals surface area contributed by atoms with E-state index in [9.17, 15) is 0 Å². The van der Waals surface area contributed by atoms with Crippen LogP contribution in [0, 0.1) is 0 Å². The summed E-state index contributed by atoms with van der Waals surface area (Å²) in [6.07, 6.45) is 5.48. The molecule has 4 rings (SSSR count). The first-order valence-corrected chi connectivity index (χ1v) is 7.85. The zero-order valence-electron chi connectivity index (χ0n) is 13.6. The maximum atomic E-state index is 4.57.